The highest BCUT2D eigenvalue weighted by atomic mass is 19.1. The first-order valence-electron chi connectivity index (χ1n) is 5.41. The molecule has 1 fully saturated rings. The maximum atomic E-state index is 13.1. The van der Waals surface area contributed by atoms with Crippen LogP contribution >= 0.6 is 0 Å². The molecule has 1 atom stereocenters. The molecular weight excluding hydrogens is 223 g/mol. The van der Waals surface area contributed by atoms with E-state index in [4.69, 9.17) is 15.6 Å². The molecule has 0 radical (unpaired) electrons. The molecule has 2 N–H and O–H groups in total. The Morgan fingerprint density at radius 2 is 2.29 bits per heavy atom. The van der Waals surface area contributed by atoms with Crippen LogP contribution in [0.4, 0.5) is 4.39 Å². The molecule has 0 saturated carbocycles. The van der Waals surface area contributed by atoms with Gasteiger partial charge in [-0.3, -0.25) is 15.4 Å². The van der Waals surface area contributed by atoms with Gasteiger partial charge < -0.3 is 9.64 Å². The number of nitrogens with one attached hydrogen (secondary N) is 2. The Balaban J connectivity index is 2.20. The first-order chi connectivity index (χ1) is 8.11. The average Bonchev–Trinajstić information content (AvgIpc) is 2.80. The molecule has 1 aromatic heterocycles. The van der Waals surface area contributed by atoms with Crippen LogP contribution in [0, 0.1) is 16.6 Å². The van der Waals surface area contributed by atoms with E-state index in [1.165, 1.54) is 16.7 Å². The molecule has 5 nitrogen and oxygen atoms in total. The summed E-state index contributed by atoms with van der Waals surface area (Å²) in [5.74, 6) is -0.331. The summed E-state index contributed by atoms with van der Waals surface area (Å²) >= 11 is 0. The second kappa shape index (κ2) is 4.67. The van der Waals surface area contributed by atoms with Crippen LogP contribution in [0.15, 0.2) is 18.3 Å². The summed E-state index contributed by atoms with van der Waals surface area (Å²) in [7, 11) is 1.64. The summed E-state index contributed by atoms with van der Waals surface area (Å²) in [5.41, 5.74) is 0.0947. The second-order valence-corrected chi connectivity index (χ2v) is 4.02. The van der Waals surface area contributed by atoms with Gasteiger partial charge in [-0.15, -0.1) is 0 Å². The standard InChI is InChI=1S/C11H15FN4O/c1-17-9-4-5-15(7-9)11(14)16-6-8(12)2-3-10(16)13/h2-3,6,9,13-14H,4-5,7H2,1H3/t9-/m0/s1. The van der Waals surface area contributed by atoms with Crippen LogP contribution in [0.25, 0.3) is 0 Å². The zero-order chi connectivity index (χ0) is 12.4. The Morgan fingerprint density at radius 3 is 2.94 bits per heavy atom. The Morgan fingerprint density at radius 1 is 1.53 bits per heavy atom. The minimum Gasteiger partial charge on any atom is -0.380 e. The number of pyridine rings is 1. The number of hydrogen-bond acceptors (Lipinski definition) is 3. The third-order valence-corrected chi connectivity index (χ3v) is 2.92. The summed E-state index contributed by atoms with van der Waals surface area (Å²) in [4.78, 5) is 1.78. The van der Waals surface area contributed by atoms with Gasteiger partial charge in [-0.2, -0.15) is 0 Å². The van der Waals surface area contributed by atoms with Crippen molar-refractivity contribution in [2.75, 3.05) is 20.2 Å². The van der Waals surface area contributed by atoms with Crippen molar-refractivity contribution in [1.29, 1.82) is 10.8 Å². The number of halogens is 1. The van der Waals surface area contributed by atoms with E-state index in [-0.39, 0.29) is 17.6 Å². The van der Waals surface area contributed by atoms with Crippen molar-refractivity contribution in [2.24, 2.45) is 0 Å². The minimum atomic E-state index is -0.451. The van der Waals surface area contributed by atoms with E-state index in [2.05, 4.69) is 0 Å². The highest BCUT2D eigenvalue weighted by molar-refractivity contribution is 5.79. The fraction of sp³-hybridized carbons (Fsp3) is 0.455. The van der Waals surface area contributed by atoms with E-state index in [0.29, 0.717) is 13.1 Å². The SMILES string of the molecule is CO[C@H]1CCN(C(=N)n2cc(F)ccc2=N)C1. The van der Waals surface area contributed by atoms with Crippen LogP contribution in [0.5, 0.6) is 0 Å². The van der Waals surface area contributed by atoms with Crippen molar-refractivity contribution in [3.63, 3.8) is 0 Å². The van der Waals surface area contributed by atoms with Crippen molar-refractivity contribution in [2.45, 2.75) is 12.5 Å². The lowest BCUT2D eigenvalue weighted by molar-refractivity contribution is 0.114. The molecule has 2 rings (SSSR count). The van der Waals surface area contributed by atoms with Crippen molar-refractivity contribution in [1.82, 2.24) is 9.47 Å². The predicted molar refractivity (Wildman–Crippen MR) is 60.4 cm³/mol. The molecular formula is C11H15FN4O. The van der Waals surface area contributed by atoms with Gasteiger partial charge in [0, 0.05) is 26.4 Å². The number of nitrogens with zero attached hydrogens (tertiary/aromatic N) is 2. The van der Waals surface area contributed by atoms with Crippen LogP contribution in [0.3, 0.4) is 0 Å². The van der Waals surface area contributed by atoms with E-state index in [1.807, 2.05) is 0 Å². The molecule has 0 spiro atoms. The molecule has 1 aliphatic rings. The van der Waals surface area contributed by atoms with Crippen LogP contribution in [-0.2, 0) is 4.74 Å². The van der Waals surface area contributed by atoms with Crippen molar-refractivity contribution >= 4 is 5.96 Å². The van der Waals surface area contributed by atoms with Gasteiger partial charge in [0.1, 0.15) is 11.3 Å². The van der Waals surface area contributed by atoms with Gasteiger partial charge >= 0.3 is 0 Å². The van der Waals surface area contributed by atoms with Crippen LogP contribution < -0.4 is 5.49 Å². The molecule has 2 heterocycles. The molecule has 1 aliphatic heterocycles. The third kappa shape index (κ3) is 2.36. The van der Waals surface area contributed by atoms with Crippen molar-refractivity contribution in [3.8, 4) is 0 Å². The molecule has 6 heteroatoms. The van der Waals surface area contributed by atoms with Crippen molar-refractivity contribution < 1.29 is 9.13 Å². The average molecular weight is 238 g/mol. The molecule has 92 valence electrons. The number of likely N-dealkylation sites (tertiary alicyclic amines) is 1. The lowest BCUT2D eigenvalue weighted by atomic mass is 10.3. The van der Waals surface area contributed by atoms with Gasteiger partial charge in [0.05, 0.1) is 6.10 Å². The highest BCUT2D eigenvalue weighted by Gasteiger charge is 2.24. The summed E-state index contributed by atoms with van der Waals surface area (Å²) in [6, 6.07) is 2.56. The molecule has 1 saturated heterocycles. The Bertz CT molecular complexity index is 485. The largest absolute Gasteiger partial charge is 0.380 e. The van der Waals surface area contributed by atoms with Crippen molar-refractivity contribution in [3.05, 3.63) is 29.6 Å². The fourth-order valence-electron chi connectivity index (χ4n) is 1.92. The van der Waals surface area contributed by atoms with E-state index >= 15 is 0 Å². The molecule has 1 aromatic rings. The lowest BCUT2D eigenvalue weighted by Gasteiger charge is -2.20. The number of aromatic nitrogens is 1. The van der Waals surface area contributed by atoms with Gasteiger partial charge in [0.25, 0.3) is 0 Å². The summed E-state index contributed by atoms with van der Waals surface area (Å²) in [6.07, 6.45) is 2.12. The van der Waals surface area contributed by atoms with E-state index in [9.17, 15) is 4.39 Å². The van der Waals surface area contributed by atoms with Gasteiger partial charge in [0.2, 0.25) is 5.96 Å². The van der Waals surface area contributed by atoms with E-state index < -0.39 is 5.82 Å². The Labute approximate surface area is 98.5 Å². The first kappa shape index (κ1) is 11.8. The summed E-state index contributed by atoms with van der Waals surface area (Å²) in [5, 5.41) is 15.6. The van der Waals surface area contributed by atoms with E-state index in [0.717, 1.165) is 12.6 Å². The fourth-order valence-corrected chi connectivity index (χ4v) is 1.92. The maximum absolute atomic E-state index is 13.1. The first-order valence-corrected chi connectivity index (χ1v) is 5.41. The zero-order valence-corrected chi connectivity index (χ0v) is 9.61. The summed E-state index contributed by atoms with van der Waals surface area (Å²) in [6.45, 7) is 1.30. The maximum Gasteiger partial charge on any atom is 0.203 e. The van der Waals surface area contributed by atoms with E-state index in [1.54, 1.807) is 12.0 Å². The lowest BCUT2D eigenvalue weighted by Crippen LogP contribution is -2.39. The van der Waals surface area contributed by atoms with Crippen LogP contribution in [0.2, 0.25) is 0 Å². The van der Waals surface area contributed by atoms with Gasteiger partial charge in [-0.1, -0.05) is 0 Å². The molecule has 0 unspecified atom stereocenters. The smallest absolute Gasteiger partial charge is 0.203 e. The summed E-state index contributed by atoms with van der Waals surface area (Å²) < 4.78 is 19.5. The topological polar surface area (TPSA) is 65.1 Å². The molecule has 0 bridgehead atoms. The number of methoxy groups -OCH3 is 1. The third-order valence-electron chi connectivity index (χ3n) is 2.92. The quantitative estimate of drug-likeness (QED) is 0.556. The highest BCUT2D eigenvalue weighted by Crippen LogP contribution is 2.12. The van der Waals surface area contributed by atoms with Crippen LogP contribution in [0.1, 0.15) is 6.42 Å². The Kier molecular flexibility index (Phi) is 3.23. The van der Waals surface area contributed by atoms with Gasteiger partial charge in [0.15, 0.2) is 0 Å². The normalized spacial score (nSPS) is 19.6. The number of hydrogen-bond donors (Lipinski definition) is 2. The predicted octanol–water partition coefficient (Wildman–Crippen LogP) is 0.610. The van der Waals surface area contributed by atoms with Crippen LogP contribution in [-0.4, -0.2) is 41.7 Å². The molecule has 0 amide bonds. The number of ether oxygens (including phenoxy) is 1. The monoisotopic (exact) mass is 238 g/mol. The molecule has 0 aliphatic carbocycles. The van der Waals surface area contributed by atoms with Gasteiger partial charge in [-0.05, 0) is 18.6 Å². The van der Waals surface area contributed by atoms with Gasteiger partial charge in [-0.25, -0.2) is 4.39 Å². The second-order valence-electron chi connectivity index (χ2n) is 4.02. The molecule has 17 heavy (non-hydrogen) atoms. The minimum absolute atomic E-state index is 0.0947. The number of rotatable bonds is 1. The zero-order valence-electron chi connectivity index (χ0n) is 9.61. The Hall–Kier alpha value is -1.69. The molecule has 0 aromatic carbocycles.